The van der Waals surface area contributed by atoms with Crippen molar-refractivity contribution in [1.29, 1.82) is 0 Å². The first-order valence-corrected chi connectivity index (χ1v) is 11.1. The number of nitrogens with zero attached hydrogens (tertiary/aromatic N) is 4. The molecule has 0 fully saturated rings. The Bertz CT molecular complexity index is 1570. The number of methoxy groups -OCH3 is 1. The highest BCUT2D eigenvalue weighted by Gasteiger charge is 2.23. The van der Waals surface area contributed by atoms with Gasteiger partial charge in [-0.3, -0.25) is 4.98 Å². The van der Waals surface area contributed by atoms with E-state index in [0.29, 0.717) is 28.0 Å². The van der Waals surface area contributed by atoms with E-state index >= 15 is 0 Å². The average molecular weight is 446 g/mol. The van der Waals surface area contributed by atoms with Crippen molar-refractivity contribution in [3.63, 3.8) is 0 Å². The van der Waals surface area contributed by atoms with Gasteiger partial charge in [-0.05, 0) is 30.3 Å². The van der Waals surface area contributed by atoms with Crippen LogP contribution >= 0.6 is 0 Å². The van der Waals surface area contributed by atoms with E-state index in [1.807, 2.05) is 12.1 Å². The van der Waals surface area contributed by atoms with Crippen molar-refractivity contribution in [2.75, 3.05) is 18.2 Å². The monoisotopic (exact) mass is 446 g/mol. The molecule has 9 nitrogen and oxygen atoms in total. The van der Waals surface area contributed by atoms with Crippen LogP contribution in [0.1, 0.15) is 0 Å². The maximum Gasteiger partial charge on any atom is 0.271 e. The SMILES string of the molecule is COc1cc(Nc2ncc3ccn(S(=O)(=O)c4cccc5cccnc45)c3n2)ccc1N. The van der Waals surface area contributed by atoms with Gasteiger partial charge in [-0.2, -0.15) is 4.98 Å². The first-order valence-electron chi connectivity index (χ1n) is 9.61. The second-order valence-electron chi connectivity index (χ2n) is 7.00. The minimum absolute atomic E-state index is 0.101. The van der Waals surface area contributed by atoms with Crippen LogP contribution < -0.4 is 15.8 Å². The first kappa shape index (κ1) is 19.8. The quantitative estimate of drug-likeness (QED) is 0.393. The number of benzene rings is 2. The zero-order chi connectivity index (χ0) is 22.3. The van der Waals surface area contributed by atoms with Crippen molar-refractivity contribution < 1.29 is 13.2 Å². The third-order valence-corrected chi connectivity index (χ3v) is 6.71. The molecule has 0 aliphatic rings. The Morgan fingerprint density at radius 3 is 2.72 bits per heavy atom. The second kappa shape index (κ2) is 7.50. The van der Waals surface area contributed by atoms with Crippen LogP contribution in [0.3, 0.4) is 0 Å². The van der Waals surface area contributed by atoms with Crippen molar-refractivity contribution in [3.8, 4) is 5.75 Å². The molecule has 0 saturated carbocycles. The maximum absolute atomic E-state index is 13.5. The zero-order valence-electron chi connectivity index (χ0n) is 16.9. The standard InChI is InChI=1S/C22H18N6O3S/c1-31-18-12-16(7-8-17(18)23)26-22-25-13-15-9-11-28(21(15)27-22)32(29,30)19-6-2-4-14-5-3-10-24-20(14)19/h2-13H,23H2,1H3,(H,25,26,27). The second-order valence-corrected chi connectivity index (χ2v) is 8.79. The van der Waals surface area contributed by atoms with Crippen LogP contribution in [0.5, 0.6) is 5.75 Å². The van der Waals surface area contributed by atoms with Crippen LogP contribution in [-0.4, -0.2) is 34.5 Å². The number of nitrogens with two attached hydrogens (primary N) is 1. The molecular formula is C22H18N6O3S. The van der Waals surface area contributed by atoms with Gasteiger partial charge < -0.3 is 15.8 Å². The van der Waals surface area contributed by atoms with Gasteiger partial charge in [0.25, 0.3) is 10.0 Å². The summed E-state index contributed by atoms with van der Waals surface area (Å²) in [6.07, 6.45) is 4.60. The Kier molecular flexibility index (Phi) is 4.63. The predicted octanol–water partition coefficient (Wildman–Crippen LogP) is 3.55. The van der Waals surface area contributed by atoms with Gasteiger partial charge in [-0.25, -0.2) is 17.4 Å². The molecule has 160 valence electrons. The molecule has 5 rings (SSSR count). The molecule has 0 aliphatic carbocycles. The highest BCUT2D eigenvalue weighted by atomic mass is 32.2. The lowest BCUT2D eigenvalue weighted by atomic mass is 10.2. The number of aromatic nitrogens is 4. The van der Waals surface area contributed by atoms with Crippen LogP contribution in [0, 0.1) is 0 Å². The van der Waals surface area contributed by atoms with Crippen molar-refractivity contribution in [2.45, 2.75) is 4.90 Å². The Hall–Kier alpha value is -4.18. The van der Waals surface area contributed by atoms with E-state index in [1.165, 1.54) is 19.4 Å². The highest BCUT2D eigenvalue weighted by Crippen LogP contribution is 2.28. The lowest BCUT2D eigenvalue weighted by Crippen LogP contribution is -2.13. The minimum Gasteiger partial charge on any atom is -0.495 e. The number of hydrogen-bond acceptors (Lipinski definition) is 8. The Morgan fingerprint density at radius 1 is 1.03 bits per heavy atom. The van der Waals surface area contributed by atoms with Gasteiger partial charge in [0.2, 0.25) is 5.95 Å². The number of nitrogens with one attached hydrogen (secondary N) is 1. The Balaban J connectivity index is 1.60. The van der Waals surface area contributed by atoms with E-state index in [2.05, 4.69) is 20.3 Å². The summed E-state index contributed by atoms with van der Waals surface area (Å²) in [6, 6.07) is 15.4. The number of rotatable bonds is 5. The van der Waals surface area contributed by atoms with E-state index in [9.17, 15) is 8.42 Å². The molecule has 3 aromatic heterocycles. The number of fused-ring (bicyclic) bond motifs is 2. The van der Waals surface area contributed by atoms with Crippen molar-refractivity contribution in [2.24, 2.45) is 0 Å². The number of anilines is 3. The fraction of sp³-hybridized carbons (Fsp3) is 0.0455. The van der Waals surface area contributed by atoms with Crippen molar-refractivity contribution in [3.05, 3.63) is 73.2 Å². The van der Waals surface area contributed by atoms with Crippen LogP contribution in [0.2, 0.25) is 0 Å². The summed E-state index contributed by atoms with van der Waals surface area (Å²) in [4.78, 5) is 13.1. The summed E-state index contributed by atoms with van der Waals surface area (Å²) in [5.41, 5.74) is 7.65. The summed E-state index contributed by atoms with van der Waals surface area (Å²) >= 11 is 0. The van der Waals surface area contributed by atoms with Gasteiger partial charge in [-0.1, -0.05) is 18.2 Å². The Labute approximate surface area is 183 Å². The largest absolute Gasteiger partial charge is 0.495 e. The number of nitrogen functional groups attached to an aromatic ring is 1. The van der Waals surface area contributed by atoms with Crippen LogP contribution in [0.4, 0.5) is 17.3 Å². The van der Waals surface area contributed by atoms with E-state index in [1.54, 1.807) is 48.8 Å². The summed E-state index contributed by atoms with van der Waals surface area (Å²) in [5, 5.41) is 4.38. The van der Waals surface area contributed by atoms with Crippen LogP contribution in [0.15, 0.2) is 78.1 Å². The number of ether oxygens (including phenoxy) is 1. The van der Waals surface area contributed by atoms with Crippen LogP contribution in [0.25, 0.3) is 21.9 Å². The molecule has 0 saturated heterocycles. The summed E-state index contributed by atoms with van der Waals surface area (Å²) in [7, 11) is -2.43. The van der Waals surface area contributed by atoms with Crippen molar-refractivity contribution in [1.82, 2.24) is 18.9 Å². The molecule has 0 aliphatic heterocycles. The molecule has 0 amide bonds. The number of hydrogen-bond donors (Lipinski definition) is 2. The average Bonchev–Trinajstić information content (AvgIpc) is 3.24. The van der Waals surface area contributed by atoms with Gasteiger partial charge in [-0.15, -0.1) is 0 Å². The maximum atomic E-state index is 13.5. The lowest BCUT2D eigenvalue weighted by Gasteiger charge is -2.11. The predicted molar refractivity (Wildman–Crippen MR) is 123 cm³/mol. The highest BCUT2D eigenvalue weighted by molar-refractivity contribution is 7.90. The summed E-state index contributed by atoms with van der Waals surface area (Å²) in [6.45, 7) is 0. The minimum atomic E-state index is -3.96. The molecule has 2 aromatic carbocycles. The van der Waals surface area contributed by atoms with Gasteiger partial charge in [0.1, 0.15) is 10.6 Å². The van der Waals surface area contributed by atoms with E-state index < -0.39 is 10.0 Å². The van der Waals surface area contributed by atoms with Gasteiger partial charge in [0.05, 0.1) is 18.3 Å². The molecule has 0 unspecified atom stereocenters. The van der Waals surface area contributed by atoms with E-state index in [0.717, 1.165) is 9.36 Å². The van der Waals surface area contributed by atoms with Crippen LogP contribution in [-0.2, 0) is 10.0 Å². The molecular weight excluding hydrogens is 428 g/mol. The molecule has 10 heteroatoms. The fourth-order valence-corrected chi connectivity index (χ4v) is 4.93. The fourth-order valence-electron chi connectivity index (χ4n) is 3.46. The first-order chi connectivity index (χ1) is 15.5. The topological polar surface area (TPSA) is 125 Å². The third-order valence-electron chi connectivity index (χ3n) is 5.02. The molecule has 32 heavy (non-hydrogen) atoms. The van der Waals surface area contributed by atoms with Crippen molar-refractivity contribution >= 4 is 49.3 Å². The lowest BCUT2D eigenvalue weighted by molar-refractivity contribution is 0.417. The normalized spacial score (nSPS) is 11.7. The summed E-state index contributed by atoms with van der Waals surface area (Å²) in [5.74, 6) is 0.737. The number of para-hydroxylation sites is 1. The Morgan fingerprint density at radius 2 is 1.88 bits per heavy atom. The third kappa shape index (κ3) is 3.26. The molecule has 0 bridgehead atoms. The summed E-state index contributed by atoms with van der Waals surface area (Å²) < 4.78 is 33.4. The smallest absolute Gasteiger partial charge is 0.271 e. The molecule has 0 radical (unpaired) electrons. The molecule has 3 N–H and O–H groups in total. The van der Waals surface area contributed by atoms with Gasteiger partial charge in [0, 0.05) is 41.1 Å². The van der Waals surface area contributed by atoms with Gasteiger partial charge in [0.15, 0.2) is 5.65 Å². The zero-order valence-corrected chi connectivity index (χ0v) is 17.7. The molecule has 5 aromatic rings. The molecule has 0 atom stereocenters. The molecule has 3 heterocycles. The van der Waals surface area contributed by atoms with Gasteiger partial charge >= 0.3 is 0 Å². The van der Waals surface area contributed by atoms with E-state index in [4.69, 9.17) is 10.5 Å². The van der Waals surface area contributed by atoms with E-state index in [-0.39, 0.29) is 16.5 Å². The molecule has 0 spiro atoms. The number of pyridine rings is 1.